The Labute approximate surface area is 141 Å². The number of carbonyl (C=O) groups is 2. The highest BCUT2D eigenvalue weighted by atomic mass is 16.5. The van der Waals surface area contributed by atoms with E-state index >= 15 is 0 Å². The number of nitrogens with one attached hydrogen (secondary N) is 1. The average molecular weight is 329 g/mol. The molecule has 6 nitrogen and oxygen atoms in total. The van der Waals surface area contributed by atoms with Crippen molar-refractivity contribution in [3.63, 3.8) is 0 Å². The number of nitrogens with zero attached hydrogens (tertiary/aromatic N) is 2. The molecule has 2 saturated heterocycles. The van der Waals surface area contributed by atoms with Gasteiger partial charge in [0, 0.05) is 32.2 Å². The minimum absolute atomic E-state index is 0.0389. The summed E-state index contributed by atoms with van der Waals surface area (Å²) in [7, 11) is 0. The maximum absolute atomic E-state index is 12.8. The number of hydrogen-bond acceptors (Lipinski definition) is 3. The molecule has 24 heavy (non-hydrogen) atoms. The number of benzene rings is 1. The molecule has 128 valence electrons. The number of likely N-dealkylation sites (tertiary alicyclic amines) is 1. The van der Waals surface area contributed by atoms with Gasteiger partial charge in [-0.05, 0) is 30.9 Å². The molecular formula is C18H23N3O3. The van der Waals surface area contributed by atoms with Crippen LogP contribution in [0.2, 0.25) is 0 Å². The Morgan fingerprint density at radius 1 is 1.17 bits per heavy atom. The highest BCUT2D eigenvalue weighted by molar-refractivity contribution is 5.80. The third-order valence-corrected chi connectivity index (χ3v) is 5.33. The molecule has 1 aromatic carbocycles. The van der Waals surface area contributed by atoms with Gasteiger partial charge in [0.1, 0.15) is 12.4 Å². The number of piperidine rings is 1. The zero-order valence-corrected chi connectivity index (χ0v) is 13.7. The van der Waals surface area contributed by atoms with Gasteiger partial charge in [-0.3, -0.25) is 4.79 Å². The molecule has 1 N–H and O–H groups in total. The normalized spacial score (nSPS) is 24.3. The molecule has 3 aliphatic heterocycles. The summed E-state index contributed by atoms with van der Waals surface area (Å²) in [4.78, 5) is 28.4. The van der Waals surface area contributed by atoms with E-state index in [1.807, 2.05) is 34.1 Å². The molecule has 3 heterocycles. The van der Waals surface area contributed by atoms with Crippen LogP contribution in [0.25, 0.3) is 0 Å². The SMILES string of the molecule is O=C([C@H]1COc2ccccc2C1)N1CCC(N2CCNC2=O)CC1. The van der Waals surface area contributed by atoms with Gasteiger partial charge in [0.05, 0.1) is 5.92 Å². The van der Waals surface area contributed by atoms with Gasteiger partial charge >= 0.3 is 6.03 Å². The molecule has 0 aromatic heterocycles. The van der Waals surface area contributed by atoms with Crippen LogP contribution in [0.4, 0.5) is 4.79 Å². The summed E-state index contributed by atoms with van der Waals surface area (Å²) in [6, 6.07) is 8.24. The van der Waals surface area contributed by atoms with Crippen molar-refractivity contribution in [3.8, 4) is 5.75 Å². The summed E-state index contributed by atoms with van der Waals surface area (Å²) in [5, 5.41) is 2.85. The standard InChI is InChI=1S/C18H23N3O3/c22-17(14-11-13-3-1-2-4-16(13)24-12-14)20-8-5-15(6-9-20)21-10-7-19-18(21)23/h1-4,14-15H,5-12H2,(H,19,23)/t14-/m1/s1. The Morgan fingerprint density at radius 3 is 2.71 bits per heavy atom. The molecule has 3 aliphatic rings. The zero-order chi connectivity index (χ0) is 16.5. The van der Waals surface area contributed by atoms with Gasteiger partial charge in [-0.2, -0.15) is 0 Å². The first-order valence-electron chi connectivity index (χ1n) is 8.76. The van der Waals surface area contributed by atoms with E-state index in [-0.39, 0.29) is 23.9 Å². The summed E-state index contributed by atoms with van der Waals surface area (Å²) in [5.41, 5.74) is 1.12. The van der Waals surface area contributed by atoms with Gasteiger partial charge in [0.15, 0.2) is 0 Å². The van der Waals surface area contributed by atoms with Gasteiger partial charge in [-0.25, -0.2) is 4.79 Å². The lowest BCUT2D eigenvalue weighted by Crippen LogP contribution is -2.50. The first-order chi connectivity index (χ1) is 11.7. The number of hydrogen-bond donors (Lipinski definition) is 1. The third kappa shape index (κ3) is 2.81. The van der Waals surface area contributed by atoms with E-state index in [1.165, 1.54) is 0 Å². The second-order valence-electron chi connectivity index (χ2n) is 6.80. The molecular weight excluding hydrogens is 306 g/mol. The van der Waals surface area contributed by atoms with Crippen molar-refractivity contribution >= 4 is 11.9 Å². The van der Waals surface area contributed by atoms with E-state index in [2.05, 4.69) is 5.32 Å². The second kappa shape index (κ2) is 6.34. The molecule has 4 rings (SSSR count). The van der Waals surface area contributed by atoms with Gasteiger partial charge in [-0.1, -0.05) is 18.2 Å². The van der Waals surface area contributed by atoms with Crippen molar-refractivity contribution in [1.29, 1.82) is 0 Å². The minimum Gasteiger partial charge on any atom is -0.492 e. The van der Waals surface area contributed by atoms with Crippen LogP contribution < -0.4 is 10.1 Å². The van der Waals surface area contributed by atoms with E-state index in [4.69, 9.17) is 4.74 Å². The Morgan fingerprint density at radius 2 is 1.96 bits per heavy atom. The van der Waals surface area contributed by atoms with Gasteiger partial charge < -0.3 is 19.9 Å². The first kappa shape index (κ1) is 15.3. The van der Waals surface area contributed by atoms with Crippen LogP contribution in [0.15, 0.2) is 24.3 Å². The van der Waals surface area contributed by atoms with E-state index in [9.17, 15) is 9.59 Å². The van der Waals surface area contributed by atoms with Crippen molar-refractivity contribution in [2.24, 2.45) is 5.92 Å². The highest BCUT2D eigenvalue weighted by Gasteiger charge is 2.35. The lowest BCUT2D eigenvalue weighted by molar-refractivity contribution is -0.138. The smallest absolute Gasteiger partial charge is 0.317 e. The second-order valence-corrected chi connectivity index (χ2v) is 6.80. The molecule has 6 heteroatoms. The minimum atomic E-state index is -0.0912. The van der Waals surface area contributed by atoms with Gasteiger partial charge in [0.2, 0.25) is 5.91 Å². The summed E-state index contributed by atoms with van der Waals surface area (Å²) in [5.74, 6) is 1.00. The fourth-order valence-electron chi connectivity index (χ4n) is 3.98. The Kier molecular flexibility index (Phi) is 4.04. The summed E-state index contributed by atoms with van der Waals surface area (Å²) >= 11 is 0. The fraction of sp³-hybridized carbons (Fsp3) is 0.556. The number of amides is 3. The number of urea groups is 1. The van der Waals surface area contributed by atoms with Crippen molar-refractivity contribution in [3.05, 3.63) is 29.8 Å². The van der Waals surface area contributed by atoms with Gasteiger partial charge in [0.25, 0.3) is 0 Å². The van der Waals surface area contributed by atoms with E-state index in [1.54, 1.807) is 0 Å². The van der Waals surface area contributed by atoms with Crippen molar-refractivity contribution < 1.29 is 14.3 Å². The Hall–Kier alpha value is -2.24. The number of ether oxygens (including phenoxy) is 1. The predicted octanol–water partition coefficient (Wildman–Crippen LogP) is 1.25. The number of fused-ring (bicyclic) bond motifs is 1. The lowest BCUT2D eigenvalue weighted by atomic mass is 9.94. The van der Waals surface area contributed by atoms with E-state index in [0.29, 0.717) is 6.61 Å². The molecule has 1 atom stereocenters. The zero-order valence-electron chi connectivity index (χ0n) is 13.7. The molecule has 0 spiro atoms. The van der Waals surface area contributed by atoms with Crippen LogP contribution in [0.5, 0.6) is 5.75 Å². The maximum atomic E-state index is 12.8. The molecule has 1 aromatic rings. The van der Waals surface area contributed by atoms with Crippen LogP contribution >= 0.6 is 0 Å². The molecule has 0 unspecified atom stereocenters. The summed E-state index contributed by atoms with van der Waals surface area (Å²) in [6.45, 7) is 3.43. The quantitative estimate of drug-likeness (QED) is 0.888. The fourth-order valence-corrected chi connectivity index (χ4v) is 3.98. The number of carbonyl (C=O) groups excluding carboxylic acids is 2. The molecule has 0 saturated carbocycles. The Balaban J connectivity index is 1.34. The van der Waals surface area contributed by atoms with Crippen LogP contribution in [0, 0.1) is 5.92 Å². The number of para-hydroxylation sites is 1. The van der Waals surface area contributed by atoms with Crippen molar-refractivity contribution in [2.75, 3.05) is 32.8 Å². The predicted molar refractivity (Wildman–Crippen MR) is 88.8 cm³/mol. The van der Waals surface area contributed by atoms with Crippen molar-refractivity contribution in [2.45, 2.75) is 25.3 Å². The van der Waals surface area contributed by atoms with E-state index < -0.39 is 0 Å². The molecule has 3 amide bonds. The lowest BCUT2D eigenvalue weighted by Gasteiger charge is -2.38. The maximum Gasteiger partial charge on any atom is 0.317 e. The third-order valence-electron chi connectivity index (χ3n) is 5.33. The Bertz CT molecular complexity index is 640. The van der Waals surface area contributed by atoms with Crippen LogP contribution in [-0.4, -0.2) is 60.6 Å². The highest BCUT2D eigenvalue weighted by Crippen LogP contribution is 2.28. The largest absolute Gasteiger partial charge is 0.492 e. The van der Waals surface area contributed by atoms with E-state index in [0.717, 1.165) is 56.8 Å². The van der Waals surface area contributed by atoms with Crippen LogP contribution in [0.3, 0.4) is 0 Å². The van der Waals surface area contributed by atoms with Crippen molar-refractivity contribution in [1.82, 2.24) is 15.1 Å². The molecule has 2 fully saturated rings. The topological polar surface area (TPSA) is 61.9 Å². The number of rotatable bonds is 2. The molecule has 0 aliphatic carbocycles. The van der Waals surface area contributed by atoms with Crippen LogP contribution in [0.1, 0.15) is 18.4 Å². The monoisotopic (exact) mass is 329 g/mol. The molecule has 0 bridgehead atoms. The first-order valence-corrected chi connectivity index (χ1v) is 8.76. The van der Waals surface area contributed by atoms with Crippen LogP contribution in [-0.2, 0) is 11.2 Å². The van der Waals surface area contributed by atoms with Gasteiger partial charge in [-0.15, -0.1) is 0 Å². The summed E-state index contributed by atoms with van der Waals surface area (Å²) < 4.78 is 5.76. The average Bonchev–Trinajstić information content (AvgIpc) is 3.07. The summed E-state index contributed by atoms with van der Waals surface area (Å²) in [6.07, 6.45) is 2.48. The molecule has 0 radical (unpaired) electrons.